The van der Waals surface area contributed by atoms with Gasteiger partial charge in [0.1, 0.15) is 5.75 Å². The minimum Gasteiger partial charge on any atom is -0.484 e. The van der Waals surface area contributed by atoms with E-state index in [1.807, 2.05) is 13.0 Å². The molecule has 0 saturated heterocycles. The van der Waals surface area contributed by atoms with Crippen molar-refractivity contribution in [2.24, 2.45) is 0 Å². The van der Waals surface area contributed by atoms with Gasteiger partial charge in [0.05, 0.1) is 10.6 Å². The van der Waals surface area contributed by atoms with Crippen molar-refractivity contribution in [1.82, 2.24) is 0 Å². The van der Waals surface area contributed by atoms with Crippen LogP contribution in [0, 0.1) is 13.8 Å². The predicted octanol–water partition coefficient (Wildman–Crippen LogP) is 5.52. The molecule has 0 fully saturated rings. The molecule has 0 aromatic heterocycles. The van der Waals surface area contributed by atoms with E-state index >= 15 is 0 Å². The molecular weight excluding hydrogens is 490 g/mol. The molecule has 0 aliphatic heterocycles. The van der Waals surface area contributed by atoms with Crippen LogP contribution < -0.4 is 9.04 Å². The monoisotopic (exact) mass is 507 g/mol. The van der Waals surface area contributed by atoms with Crippen LogP contribution in [-0.4, -0.2) is 20.9 Å². The molecule has 0 atom stereocenters. The van der Waals surface area contributed by atoms with Gasteiger partial charge in [-0.15, -0.1) is 0 Å². The van der Waals surface area contributed by atoms with Crippen molar-refractivity contribution < 1.29 is 17.9 Å². The van der Waals surface area contributed by atoms with Crippen LogP contribution >= 0.6 is 27.5 Å². The number of hydrogen-bond donors (Lipinski definition) is 0. The molecule has 8 heteroatoms. The Kier molecular flexibility index (Phi) is 6.85. The van der Waals surface area contributed by atoms with Gasteiger partial charge in [0.25, 0.3) is 15.9 Å². The zero-order valence-electron chi connectivity index (χ0n) is 16.3. The molecule has 0 spiro atoms. The van der Waals surface area contributed by atoms with E-state index in [1.54, 1.807) is 43.3 Å². The summed E-state index contributed by atoms with van der Waals surface area (Å²) in [4.78, 5) is 13.1. The summed E-state index contributed by atoms with van der Waals surface area (Å²) in [6, 6.07) is 17.9. The van der Waals surface area contributed by atoms with E-state index in [0.717, 1.165) is 14.3 Å². The Labute approximate surface area is 189 Å². The van der Waals surface area contributed by atoms with E-state index in [9.17, 15) is 13.2 Å². The van der Waals surface area contributed by atoms with Crippen molar-refractivity contribution in [3.05, 3.63) is 87.4 Å². The van der Waals surface area contributed by atoms with Gasteiger partial charge < -0.3 is 4.74 Å². The second-order valence-corrected chi connectivity index (χ2v) is 9.79. The highest BCUT2D eigenvalue weighted by molar-refractivity contribution is 9.10. The van der Waals surface area contributed by atoms with E-state index in [4.69, 9.17) is 16.3 Å². The number of sulfonamides is 1. The first-order valence-electron chi connectivity index (χ1n) is 8.98. The molecule has 3 aromatic carbocycles. The Hall–Kier alpha value is -2.35. The number of anilines is 1. The minimum absolute atomic E-state index is 0.0372. The van der Waals surface area contributed by atoms with Crippen molar-refractivity contribution in [3.63, 3.8) is 0 Å². The lowest BCUT2D eigenvalue weighted by Gasteiger charge is -2.24. The van der Waals surface area contributed by atoms with E-state index < -0.39 is 22.5 Å². The molecule has 0 saturated carbocycles. The molecule has 3 rings (SSSR count). The third-order valence-electron chi connectivity index (χ3n) is 4.34. The molecule has 0 aliphatic carbocycles. The third kappa shape index (κ3) is 5.03. The highest BCUT2D eigenvalue weighted by atomic mass is 79.9. The summed E-state index contributed by atoms with van der Waals surface area (Å²) in [5.74, 6) is -0.252. The smallest absolute Gasteiger partial charge is 0.278 e. The number of halogens is 2. The predicted molar refractivity (Wildman–Crippen MR) is 122 cm³/mol. The number of amides is 1. The molecule has 1 amide bonds. The molecule has 0 bridgehead atoms. The fourth-order valence-corrected chi connectivity index (χ4v) is 4.64. The molecule has 5 nitrogen and oxygen atoms in total. The highest BCUT2D eigenvalue weighted by Gasteiger charge is 2.32. The van der Waals surface area contributed by atoms with Gasteiger partial charge in [0, 0.05) is 9.50 Å². The molecule has 0 unspecified atom stereocenters. The lowest BCUT2D eigenvalue weighted by atomic mass is 10.1. The summed E-state index contributed by atoms with van der Waals surface area (Å²) in [6.45, 7) is 3.14. The first kappa shape index (κ1) is 22.3. The van der Waals surface area contributed by atoms with Crippen LogP contribution in [0.1, 0.15) is 11.1 Å². The first-order valence-corrected chi connectivity index (χ1v) is 11.6. The zero-order valence-corrected chi connectivity index (χ0v) is 19.5. The summed E-state index contributed by atoms with van der Waals surface area (Å²) in [5, 5.41) is 0.400. The Morgan fingerprint density at radius 2 is 1.63 bits per heavy atom. The quantitative estimate of drug-likeness (QED) is 0.440. The Balaban J connectivity index is 2.00. The van der Waals surface area contributed by atoms with Crippen LogP contribution in [-0.2, 0) is 14.8 Å². The van der Waals surface area contributed by atoms with Gasteiger partial charge in [-0.05, 0) is 79.6 Å². The highest BCUT2D eigenvalue weighted by Crippen LogP contribution is 2.29. The lowest BCUT2D eigenvalue weighted by molar-refractivity contribution is -0.119. The number of ether oxygens (including phenoxy) is 1. The molecule has 0 N–H and O–H groups in total. The second kappa shape index (κ2) is 9.20. The van der Waals surface area contributed by atoms with Crippen LogP contribution in [0.4, 0.5) is 5.69 Å². The van der Waals surface area contributed by atoms with Gasteiger partial charge in [-0.3, -0.25) is 4.79 Å². The van der Waals surface area contributed by atoms with Crippen molar-refractivity contribution in [2.45, 2.75) is 18.7 Å². The number of hydrogen-bond acceptors (Lipinski definition) is 4. The van der Waals surface area contributed by atoms with Gasteiger partial charge in [-0.25, -0.2) is 8.42 Å². The zero-order chi connectivity index (χ0) is 21.9. The molecule has 0 aliphatic rings. The van der Waals surface area contributed by atoms with Crippen molar-refractivity contribution in [1.29, 1.82) is 0 Å². The van der Waals surface area contributed by atoms with E-state index in [1.165, 1.54) is 24.3 Å². The summed E-state index contributed by atoms with van der Waals surface area (Å²) >= 11 is 9.23. The number of nitrogens with zero attached hydrogens (tertiary/aromatic N) is 1. The summed E-state index contributed by atoms with van der Waals surface area (Å²) < 4.78 is 34.0. The number of aryl methyl sites for hydroxylation is 2. The molecular formula is C22H19BrClNO4S. The Bertz CT molecular complexity index is 1160. The van der Waals surface area contributed by atoms with E-state index in [2.05, 4.69) is 15.9 Å². The third-order valence-corrected chi connectivity index (χ3v) is 6.87. The standard InChI is InChI=1S/C22H19BrClNO4S/c1-15-3-4-16(2)21(13-15)25(30(27,28)20-11-7-18(24)8-12-20)22(26)14-29-19-9-5-17(23)6-10-19/h3-13H,14H2,1-2H3. The van der Waals surface area contributed by atoms with E-state index in [-0.39, 0.29) is 10.6 Å². The SMILES string of the molecule is Cc1ccc(C)c(N(C(=O)COc2ccc(Br)cc2)S(=O)(=O)c2ccc(Cl)cc2)c1. The van der Waals surface area contributed by atoms with Crippen molar-refractivity contribution in [3.8, 4) is 5.75 Å². The average molecular weight is 509 g/mol. The van der Waals surface area contributed by atoms with Crippen LogP contribution in [0.5, 0.6) is 5.75 Å². The van der Waals surface area contributed by atoms with Gasteiger partial charge in [-0.1, -0.05) is 39.7 Å². The summed E-state index contributed by atoms with van der Waals surface area (Å²) in [6.07, 6.45) is 0. The fourth-order valence-electron chi connectivity index (χ4n) is 2.78. The number of benzene rings is 3. The molecule has 156 valence electrons. The largest absolute Gasteiger partial charge is 0.484 e. The fraction of sp³-hybridized carbons (Fsp3) is 0.136. The lowest BCUT2D eigenvalue weighted by Crippen LogP contribution is -2.40. The molecule has 30 heavy (non-hydrogen) atoms. The van der Waals surface area contributed by atoms with Gasteiger partial charge in [0.15, 0.2) is 6.61 Å². The maximum atomic E-state index is 13.4. The molecule has 3 aromatic rings. The van der Waals surface area contributed by atoms with Crippen LogP contribution in [0.3, 0.4) is 0 Å². The number of rotatable bonds is 6. The van der Waals surface area contributed by atoms with Crippen LogP contribution in [0.15, 0.2) is 76.1 Å². The average Bonchev–Trinajstić information content (AvgIpc) is 2.70. The number of carbonyl (C=O) groups is 1. The maximum Gasteiger partial charge on any atom is 0.278 e. The van der Waals surface area contributed by atoms with Gasteiger partial charge in [-0.2, -0.15) is 4.31 Å². The van der Waals surface area contributed by atoms with Crippen LogP contribution in [0.25, 0.3) is 0 Å². The Morgan fingerprint density at radius 3 is 2.27 bits per heavy atom. The Morgan fingerprint density at radius 1 is 1.00 bits per heavy atom. The van der Waals surface area contributed by atoms with Crippen molar-refractivity contribution in [2.75, 3.05) is 10.9 Å². The number of carbonyl (C=O) groups excluding carboxylic acids is 1. The second-order valence-electron chi connectivity index (χ2n) is 6.65. The summed E-state index contributed by atoms with van der Waals surface area (Å²) in [7, 11) is -4.18. The van der Waals surface area contributed by atoms with E-state index in [0.29, 0.717) is 16.3 Å². The first-order chi connectivity index (χ1) is 14.2. The maximum absolute atomic E-state index is 13.4. The summed E-state index contributed by atoms with van der Waals surface area (Å²) in [5.41, 5.74) is 1.76. The van der Waals surface area contributed by atoms with Crippen molar-refractivity contribution >= 4 is 49.1 Å². The molecule has 0 heterocycles. The van der Waals surface area contributed by atoms with Gasteiger partial charge in [0.2, 0.25) is 0 Å². The minimum atomic E-state index is -4.18. The van der Waals surface area contributed by atoms with Crippen LogP contribution in [0.2, 0.25) is 5.02 Å². The normalized spacial score (nSPS) is 11.2. The molecule has 0 radical (unpaired) electrons. The van der Waals surface area contributed by atoms with Gasteiger partial charge >= 0.3 is 0 Å². The topological polar surface area (TPSA) is 63.7 Å².